The average molecular weight is 302 g/mol. The van der Waals surface area contributed by atoms with Crippen LogP contribution in [-0.4, -0.2) is 11.1 Å². The molecule has 0 amide bonds. The van der Waals surface area contributed by atoms with Crippen LogP contribution in [0.5, 0.6) is 5.75 Å². The van der Waals surface area contributed by atoms with E-state index in [0.717, 1.165) is 16.9 Å². The minimum atomic E-state index is -1.07. The Hall–Kier alpha value is -2.23. The molecule has 0 aliphatic rings. The van der Waals surface area contributed by atoms with E-state index in [9.17, 15) is 4.79 Å². The monoisotopic (exact) mass is 302 g/mol. The SMILES string of the molecule is Cc1ccc(OCc2cc(C(=O)O)oc2C)c(C(C)(C)C)c1. The van der Waals surface area contributed by atoms with Gasteiger partial charge in [0, 0.05) is 5.56 Å². The molecular weight excluding hydrogens is 280 g/mol. The molecule has 0 fully saturated rings. The quantitative estimate of drug-likeness (QED) is 0.905. The third kappa shape index (κ3) is 3.50. The largest absolute Gasteiger partial charge is 0.488 e. The van der Waals surface area contributed by atoms with Gasteiger partial charge in [-0.2, -0.15) is 0 Å². The highest BCUT2D eigenvalue weighted by Crippen LogP contribution is 2.32. The second-order valence-electron chi connectivity index (χ2n) is 6.54. The molecule has 1 heterocycles. The van der Waals surface area contributed by atoms with Crippen LogP contribution < -0.4 is 4.74 Å². The number of ether oxygens (including phenoxy) is 1. The molecule has 4 heteroatoms. The number of furan rings is 1. The Morgan fingerprint density at radius 3 is 2.45 bits per heavy atom. The zero-order chi connectivity index (χ0) is 16.5. The first-order valence-corrected chi connectivity index (χ1v) is 7.25. The smallest absolute Gasteiger partial charge is 0.371 e. The summed E-state index contributed by atoms with van der Waals surface area (Å²) in [5, 5.41) is 8.95. The molecule has 0 saturated heterocycles. The fourth-order valence-electron chi connectivity index (χ4n) is 2.28. The molecule has 4 nitrogen and oxygen atoms in total. The third-order valence-electron chi connectivity index (χ3n) is 3.56. The molecule has 2 rings (SSSR count). The number of benzene rings is 1. The molecule has 0 radical (unpaired) electrons. The molecule has 0 bridgehead atoms. The second kappa shape index (κ2) is 5.87. The summed E-state index contributed by atoms with van der Waals surface area (Å²) in [6.07, 6.45) is 0. The van der Waals surface area contributed by atoms with Gasteiger partial charge in [0.15, 0.2) is 0 Å². The van der Waals surface area contributed by atoms with E-state index < -0.39 is 5.97 Å². The summed E-state index contributed by atoms with van der Waals surface area (Å²) in [5.41, 5.74) is 3.04. The first kappa shape index (κ1) is 16.1. The molecular formula is C18H22O4. The minimum Gasteiger partial charge on any atom is -0.488 e. The fraction of sp³-hybridized carbons (Fsp3) is 0.389. The fourth-order valence-corrected chi connectivity index (χ4v) is 2.28. The molecule has 0 aliphatic heterocycles. The first-order chi connectivity index (χ1) is 10.2. The zero-order valence-electron chi connectivity index (χ0n) is 13.7. The van der Waals surface area contributed by atoms with Crippen molar-refractivity contribution in [2.45, 2.75) is 46.6 Å². The van der Waals surface area contributed by atoms with E-state index in [1.807, 2.05) is 12.1 Å². The van der Waals surface area contributed by atoms with Crippen molar-refractivity contribution >= 4 is 5.97 Å². The summed E-state index contributed by atoms with van der Waals surface area (Å²) in [4.78, 5) is 10.9. The van der Waals surface area contributed by atoms with E-state index in [1.165, 1.54) is 11.6 Å². The van der Waals surface area contributed by atoms with Crippen molar-refractivity contribution in [2.24, 2.45) is 0 Å². The highest BCUT2D eigenvalue weighted by Gasteiger charge is 2.20. The van der Waals surface area contributed by atoms with Crippen molar-refractivity contribution in [1.82, 2.24) is 0 Å². The molecule has 1 N–H and O–H groups in total. The number of aromatic carboxylic acids is 1. The molecule has 0 saturated carbocycles. The number of carbonyl (C=O) groups is 1. The van der Waals surface area contributed by atoms with Gasteiger partial charge < -0.3 is 14.3 Å². The summed E-state index contributed by atoms with van der Waals surface area (Å²) in [5.74, 6) is 0.258. The summed E-state index contributed by atoms with van der Waals surface area (Å²) >= 11 is 0. The molecule has 2 aromatic rings. The highest BCUT2D eigenvalue weighted by atomic mass is 16.5. The maximum Gasteiger partial charge on any atom is 0.371 e. The van der Waals surface area contributed by atoms with Gasteiger partial charge in [0.2, 0.25) is 5.76 Å². The molecule has 0 aliphatic carbocycles. The van der Waals surface area contributed by atoms with Gasteiger partial charge in [-0.05, 0) is 37.0 Å². The standard InChI is InChI=1S/C18H22O4/c1-11-6-7-15(14(8-11)18(3,4)5)21-10-13-9-16(17(19)20)22-12(13)2/h6-9H,10H2,1-5H3,(H,19,20). The second-order valence-corrected chi connectivity index (χ2v) is 6.54. The number of carboxylic acids is 1. The van der Waals surface area contributed by atoms with Gasteiger partial charge in [-0.1, -0.05) is 38.5 Å². The molecule has 0 atom stereocenters. The van der Waals surface area contributed by atoms with Crippen LogP contribution in [0.4, 0.5) is 0 Å². The highest BCUT2D eigenvalue weighted by molar-refractivity contribution is 5.84. The lowest BCUT2D eigenvalue weighted by Crippen LogP contribution is -2.13. The Morgan fingerprint density at radius 2 is 1.91 bits per heavy atom. The predicted molar refractivity (Wildman–Crippen MR) is 84.6 cm³/mol. The Morgan fingerprint density at radius 1 is 1.23 bits per heavy atom. The van der Waals surface area contributed by atoms with Crippen molar-refractivity contribution in [1.29, 1.82) is 0 Å². The molecule has 22 heavy (non-hydrogen) atoms. The van der Waals surface area contributed by atoms with Crippen LogP contribution in [-0.2, 0) is 12.0 Å². The van der Waals surface area contributed by atoms with Crippen LogP contribution in [0.3, 0.4) is 0 Å². The number of rotatable bonds is 4. The van der Waals surface area contributed by atoms with E-state index in [0.29, 0.717) is 5.76 Å². The van der Waals surface area contributed by atoms with Crippen molar-refractivity contribution in [3.05, 3.63) is 52.5 Å². The van der Waals surface area contributed by atoms with Crippen LogP contribution >= 0.6 is 0 Å². The van der Waals surface area contributed by atoms with Gasteiger partial charge in [0.05, 0.1) is 0 Å². The normalized spacial score (nSPS) is 11.5. The zero-order valence-corrected chi connectivity index (χ0v) is 13.7. The summed E-state index contributed by atoms with van der Waals surface area (Å²) in [6, 6.07) is 7.61. The Labute approximate surface area is 130 Å². The van der Waals surface area contributed by atoms with Crippen molar-refractivity contribution in [3.63, 3.8) is 0 Å². The molecule has 1 aromatic heterocycles. The lowest BCUT2D eigenvalue weighted by molar-refractivity contribution is 0.0661. The maximum absolute atomic E-state index is 10.9. The van der Waals surface area contributed by atoms with E-state index in [4.69, 9.17) is 14.3 Å². The predicted octanol–water partition coefficient (Wildman–Crippen LogP) is 4.47. The molecule has 0 unspecified atom stereocenters. The van der Waals surface area contributed by atoms with Crippen molar-refractivity contribution in [3.8, 4) is 5.75 Å². The minimum absolute atomic E-state index is 0.0288. The van der Waals surface area contributed by atoms with Gasteiger partial charge in [0.25, 0.3) is 0 Å². The van der Waals surface area contributed by atoms with E-state index in [1.54, 1.807) is 6.92 Å². The van der Waals surface area contributed by atoms with Crippen LogP contribution in [0, 0.1) is 13.8 Å². The van der Waals surface area contributed by atoms with E-state index >= 15 is 0 Å². The van der Waals surface area contributed by atoms with Gasteiger partial charge in [-0.25, -0.2) is 4.79 Å². The van der Waals surface area contributed by atoms with Gasteiger partial charge in [0.1, 0.15) is 18.1 Å². The van der Waals surface area contributed by atoms with Crippen LogP contribution in [0.25, 0.3) is 0 Å². The van der Waals surface area contributed by atoms with Crippen molar-refractivity contribution < 1.29 is 19.1 Å². The third-order valence-corrected chi connectivity index (χ3v) is 3.56. The van der Waals surface area contributed by atoms with Gasteiger partial charge >= 0.3 is 5.97 Å². The lowest BCUT2D eigenvalue weighted by atomic mass is 9.85. The van der Waals surface area contributed by atoms with Crippen LogP contribution in [0.2, 0.25) is 0 Å². The average Bonchev–Trinajstić information content (AvgIpc) is 2.78. The lowest BCUT2D eigenvalue weighted by Gasteiger charge is -2.23. The molecule has 118 valence electrons. The van der Waals surface area contributed by atoms with E-state index in [2.05, 4.69) is 33.8 Å². The van der Waals surface area contributed by atoms with Gasteiger partial charge in [-0.15, -0.1) is 0 Å². The summed E-state index contributed by atoms with van der Waals surface area (Å²) in [7, 11) is 0. The first-order valence-electron chi connectivity index (χ1n) is 7.25. The molecule has 0 spiro atoms. The number of aryl methyl sites for hydroxylation is 2. The maximum atomic E-state index is 10.9. The Bertz CT molecular complexity index is 690. The van der Waals surface area contributed by atoms with E-state index in [-0.39, 0.29) is 17.8 Å². The summed E-state index contributed by atoms with van der Waals surface area (Å²) < 4.78 is 11.1. The van der Waals surface area contributed by atoms with Crippen LogP contribution in [0.15, 0.2) is 28.7 Å². The van der Waals surface area contributed by atoms with Crippen LogP contribution in [0.1, 0.15) is 53.8 Å². The number of hydrogen-bond acceptors (Lipinski definition) is 3. The Balaban J connectivity index is 2.24. The van der Waals surface area contributed by atoms with Gasteiger partial charge in [-0.3, -0.25) is 0 Å². The number of carboxylic acid groups (broad SMARTS) is 1. The molecule has 1 aromatic carbocycles. The Kier molecular flexibility index (Phi) is 4.31. The number of hydrogen-bond donors (Lipinski definition) is 1. The van der Waals surface area contributed by atoms with Crippen molar-refractivity contribution in [2.75, 3.05) is 0 Å². The topological polar surface area (TPSA) is 59.7 Å². The summed E-state index contributed by atoms with van der Waals surface area (Å²) in [6.45, 7) is 10.5.